The van der Waals surface area contributed by atoms with Crippen LogP contribution in [0.25, 0.3) is 10.9 Å². The number of piperidine rings is 1. The summed E-state index contributed by atoms with van der Waals surface area (Å²) in [5.74, 6) is -3.40. The number of hydrogen-bond acceptors (Lipinski definition) is 12. The van der Waals surface area contributed by atoms with Crippen LogP contribution in [-0.2, 0) is 45.9 Å². The van der Waals surface area contributed by atoms with E-state index in [-0.39, 0.29) is 37.0 Å². The number of aromatic amines is 1. The van der Waals surface area contributed by atoms with Crippen molar-refractivity contribution in [3.63, 3.8) is 0 Å². The molecule has 5 aliphatic heterocycles. The number of carbonyl (C=O) groups excluding carboxylic acids is 3. The minimum absolute atomic E-state index is 0.122. The summed E-state index contributed by atoms with van der Waals surface area (Å²) >= 11 is 0. The van der Waals surface area contributed by atoms with Gasteiger partial charge in [-0.1, -0.05) is 44.2 Å². The largest absolute Gasteiger partial charge is 0.496 e. The van der Waals surface area contributed by atoms with Gasteiger partial charge in [0.15, 0.2) is 5.60 Å². The Morgan fingerprint density at radius 1 is 0.921 bits per heavy atom. The zero-order chi connectivity index (χ0) is 44.9. The van der Waals surface area contributed by atoms with Crippen LogP contribution >= 0.6 is 0 Å². The van der Waals surface area contributed by atoms with Crippen LogP contribution in [0, 0.1) is 17.3 Å². The van der Waals surface area contributed by atoms with Crippen molar-refractivity contribution in [2.24, 2.45) is 17.3 Å². The lowest BCUT2D eigenvalue weighted by Crippen LogP contribution is -2.78. The van der Waals surface area contributed by atoms with Crippen molar-refractivity contribution in [2.45, 2.75) is 106 Å². The Morgan fingerprint density at radius 2 is 1.68 bits per heavy atom. The minimum atomic E-state index is -2.24. The maximum atomic E-state index is 15.4. The Kier molecular flexibility index (Phi) is 10.7. The quantitative estimate of drug-likeness (QED) is 0.156. The number of H-pyrrole nitrogens is 1. The fraction of sp³-hybridized carbons (Fsp3) is 0.592. The Balaban J connectivity index is 1.33. The van der Waals surface area contributed by atoms with Crippen molar-refractivity contribution < 1.29 is 48.7 Å². The maximum Gasteiger partial charge on any atom is 0.340 e. The van der Waals surface area contributed by atoms with Gasteiger partial charge in [-0.3, -0.25) is 24.2 Å². The molecule has 6 heterocycles. The summed E-state index contributed by atoms with van der Waals surface area (Å²) in [5.41, 5.74) is -1.67. The number of methoxy groups -OCH3 is 3. The van der Waals surface area contributed by atoms with Crippen LogP contribution in [0.4, 0.5) is 5.69 Å². The molecular weight excluding hydrogens is 805 g/mol. The number of carboxylic acid groups (broad SMARTS) is 1. The molecule has 10 atom stereocenters. The zero-order valence-corrected chi connectivity index (χ0v) is 37.4. The van der Waals surface area contributed by atoms with Gasteiger partial charge in [0.1, 0.15) is 16.9 Å². The molecular formula is C49H62N4O10. The van der Waals surface area contributed by atoms with Gasteiger partial charge in [0, 0.05) is 103 Å². The topological polar surface area (TPSA) is 182 Å². The highest BCUT2D eigenvalue weighted by atomic mass is 16.5. The smallest absolute Gasteiger partial charge is 0.340 e. The molecule has 2 saturated heterocycles. The van der Waals surface area contributed by atoms with Crippen LogP contribution in [0.1, 0.15) is 87.6 Å². The lowest BCUT2D eigenvalue weighted by molar-refractivity contribution is -0.201. The Hall–Kier alpha value is -4.76. The molecule has 338 valence electrons. The molecule has 3 aromatic rings. The van der Waals surface area contributed by atoms with E-state index < -0.39 is 57.3 Å². The maximum absolute atomic E-state index is 15.4. The van der Waals surface area contributed by atoms with E-state index in [1.54, 1.807) is 7.11 Å². The highest BCUT2D eigenvalue weighted by Gasteiger charge is 2.79. The number of aromatic nitrogens is 1. The number of nitrogens with zero attached hydrogens (tertiary/aromatic N) is 3. The first kappa shape index (κ1) is 43.5. The van der Waals surface area contributed by atoms with E-state index in [1.165, 1.54) is 14.2 Å². The Bertz CT molecular complexity index is 2400. The SMILES string of the molecule is CC[C@]1(O)C[C@H]2CN(CCc3c([nH]c4ccccc34)[C@@](C(=O)OC)(c3cc4c(cc3OC)N(C)C3[C@]45CCN4CC=C[C@](CC)(C45)[C@@H](CC(=O)CCC(=O)O)[C@]3(O)C(=O)OC)C2)C1. The van der Waals surface area contributed by atoms with E-state index in [1.807, 2.05) is 50.1 Å². The number of esters is 2. The van der Waals surface area contributed by atoms with E-state index in [0.717, 1.165) is 33.4 Å². The second-order valence-corrected chi connectivity index (χ2v) is 19.4. The predicted octanol–water partition coefficient (Wildman–Crippen LogP) is 4.50. The Morgan fingerprint density at radius 3 is 2.38 bits per heavy atom. The van der Waals surface area contributed by atoms with Gasteiger partial charge < -0.3 is 39.4 Å². The first-order chi connectivity index (χ1) is 30.1. The highest BCUT2D eigenvalue weighted by Crippen LogP contribution is 2.70. The van der Waals surface area contributed by atoms with Gasteiger partial charge in [0.25, 0.3) is 0 Å². The molecule has 0 amide bonds. The van der Waals surface area contributed by atoms with Crippen LogP contribution in [0.5, 0.6) is 5.75 Å². The molecule has 1 saturated carbocycles. The summed E-state index contributed by atoms with van der Waals surface area (Å²) in [7, 11) is 6.13. The van der Waals surface area contributed by atoms with Gasteiger partial charge >= 0.3 is 17.9 Å². The molecule has 3 unspecified atom stereocenters. The third kappa shape index (κ3) is 6.03. The number of benzene rings is 2. The number of nitrogens with one attached hydrogen (secondary N) is 1. The second kappa shape index (κ2) is 15.5. The first-order valence-electron chi connectivity index (χ1n) is 22.7. The van der Waals surface area contributed by atoms with Gasteiger partial charge in [0.05, 0.1) is 39.4 Å². The molecule has 14 nitrogen and oxygen atoms in total. The van der Waals surface area contributed by atoms with Gasteiger partial charge in [0.2, 0.25) is 0 Å². The number of aliphatic carboxylic acids is 1. The number of likely N-dealkylation sites (N-methyl/N-ethyl adjacent to an activating group) is 1. The number of anilines is 1. The number of ketones is 1. The van der Waals surface area contributed by atoms with Gasteiger partial charge in [-0.15, -0.1) is 0 Å². The number of carbonyl (C=O) groups is 4. The minimum Gasteiger partial charge on any atom is -0.496 e. The molecule has 2 aromatic carbocycles. The van der Waals surface area contributed by atoms with E-state index in [9.17, 15) is 29.7 Å². The molecule has 1 aromatic heterocycles. The van der Waals surface area contributed by atoms with Crippen molar-refractivity contribution in [1.29, 1.82) is 0 Å². The fourth-order valence-corrected chi connectivity index (χ4v) is 14.3. The van der Waals surface area contributed by atoms with Crippen LogP contribution < -0.4 is 9.64 Å². The van der Waals surface area contributed by atoms with Gasteiger partial charge in [-0.25, -0.2) is 4.79 Å². The second-order valence-electron chi connectivity index (χ2n) is 19.4. The molecule has 9 rings (SSSR count). The summed E-state index contributed by atoms with van der Waals surface area (Å²) in [6.07, 6.45) is 6.38. The van der Waals surface area contributed by atoms with E-state index in [2.05, 4.69) is 39.1 Å². The predicted molar refractivity (Wildman–Crippen MR) is 235 cm³/mol. The number of carboxylic acids is 1. The standard InChI is InChI=1S/C49H62N4O10/c1-7-45(59)25-29-26-48(43(57)62-5,40-32(16-20-52(27-29)28-45)31-12-9-10-13-35(31)50-40)34-23-33-36(24-37(34)61-4)51(3)42-47(33)18-21-53-19-11-17-46(8-2,41(47)53)38(49(42,60)44(58)63-6)22-30(54)14-15-39(55)56/h9-13,17,23-24,29,38,41-42,50,59-60H,7-8,14-16,18-22,25-28H2,1-6H3,(H,55,56)/t29-,38-,41?,42?,45+,46+,47-,48+,49-/m1/s1. The average molecular weight is 867 g/mol. The Labute approximate surface area is 368 Å². The van der Waals surface area contributed by atoms with Crippen LogP contribution in [0.2, 0.25) is 0 Å². The number of Topliss-reactive ketones (excluding diaryl/α,β-unsaturated/α-hetero) is 1. The van der Waals surface area contributed by atoms with Crippen LogP contribution in [-0.4, -0.2) is 138 Å². The fourth-order valence-electron chi connectivity index (χ4n) is 14.3. The lowest BCUT2D eigenvalue weighted by Gasteiger charge is -2.64. The molecule has 4 N–H and O–H groups in total. The molecule has 1 spiro atoms. The summed E-state index contributed by atoms with van der Waals surface area (Å²) in [4.78, 5) is 66.0. The molecule has 1 aliphatic carbocycles. The van der Waals surface area contributed by atoms with Crippen molar-refractivity contribution in [1.82, 2.24) is 14.8 Å². The van der Waals surface area contributed by atoms with E-state index >= 15 is 4.79 Å². The lowest BCUT2D eigenvalue weighted by atomic mass is 9.44. The molecule has 63 heavy (non-hydrogen) atoms. The van der Waals surface area contributed by atoms with E-state index in [0.29, 0.717) is 82.6 Å². The van der Waals surface area contributed by atoms with Crippen molar-refractivity contribution in [3.8, 4) is 5.75 Å². The van der Waals surface area contributed by atoms with Gasteiger partial charge in [-0.05, 0) is 74.2 Å². The van der Waals surface area contributed by atoms with Crippen LogP contribution in [0.15, 0.2) is 48.6 Å². The van der Waals surface area contributed by atoms with Crippen LogP contribution in [0.3, 0.4) is 0 Å². The molecule has 0 radical (unpaired) electrons. The molecule has 2 bridgehead atoms. The van der Waals surface area contributed by atoms with E-state index in [4.69, 9.17) is 14.2 Å². The normalized spacial score (nSPS) is 35.4. The summed E-state index contributed by atoms with van der Waals surface area (Å²) in [5, 5.41) is 36.1. The van der Waals surface area contributed by atoms with Crippen molar-refractivity contribution in [2.75, 3.05) is 66.0 Å². The molecule has 3 fully saturated rings. The highest BCUT2D eigenvalue weighted by molar-refractivity contribution is 5.95. The average Bonchev–Trinajstić information content (AvgIpc) is 3.94. The summed E-state index contributed by atoms with van der Waals surface area (Å²) < 4.78 is 17.9. The number of rotatable bonds is 11. The first-order valence-corrected chi connectivity index (χ1v) is 22.7. The summed E-state index contributed by atoms with van der Waals surface area (Å²) in [6, 6.07) is 10.9. The number of ether oxygens (including phenoxy) is 3. The van der Waals surface area contributed by atoms with Crippen molar-refractivity contribution in [3.05, 3.63) is 70.9 Å². The monoisotopic (exact) mass is 866 g/mol. The third-order valence-corrected chi connectivity index (χ3v) is 16.7. The molecule has 14 heteroatoms. The number of hydrogen-bond donors (Lipinski definition) is 4. The van der Waals surface area contributed by atoms with Crippen molar-refractivity contribution >= 4 is 40.3 Å². The zero-order valence-electron chi connectivity index (χ0n) is 37.4. The number of fused-ring (bicyclic) bond motifs is 6. The van der Waals surface area contributed by atoms with Gasteiger partial charge in [-0.2, -0.15) is 0 Å². The third-order valence-electron chi connectivity index (χ3n) is 16.7. The molecule has 6 aliphatic rings. The number of para-hydroxylation sites is 1. The summed E-state index contributed by atoms with van der Waals surface area (Å²) in [6.45, 7) is 7.23. The number of aliphatic hydroxyl groups is 2.